The van der Waals surface area contributed by atoms with Gasteiger partial charge in [-0.15, -0.1) is 0 Å². The Labute approximate surface area is 133 Å². The monoisotopic (exact) mass is 323 g/mol. The van der Waals surface area contributed by atoms with Crippen LogP contribution in [0, 0.1) is 0 Å². The van der Waals surface area contributed by atoms with Crippen LogP contribution in [0.5, 0.6) is 5.75 Å². The molecule has 1 heterocycles. The Bertz CT molecular complexity index is 670. The maximum Gasteiger partial charge on any atom is 0.164 e. The third-order valence-corrected chi connectivity index (χ3v) is 3.36. The predicted octanol–water partition coefficient (Wildman–Crippen LogP) is 0.884. The SMILES string of the molecule is COc1ccc2[nH]cc(C(CNC(N)=S)NC(N)=S)c2c1. The van der Waals surface area contributed by atoms with Gasteiger partial charge in [0.15, 0.2) is 10.2 Å². The average Bonchev–Trinajstić information content (AvgIpc) is 2.85. The first-order valence-corrected chi connectivity index (χ1v) is 7.07. The summed E-state index contributed by atoms with van der Waals surface area (Å²) in [5.41, 5.74) is 13.1. The van der Waals surface area contributed by atoms with E-state index in [2.05, 4.69) is 15.6 Å². The Morgan fingerprint density at radius 1 is 1.33 bits per heavy atom. The molecular weight excluding hydrogens is 306 g/mol. The Balaban J connectivity index is 2.37. The molecule has 21 heavy (non-hydrogen) atoms. The number of hydrogen-bond donors (Lipinski definition) is 5. The van der Waals surface area contributed by atoms with Crippen LogP contribution in [0.3, 0.4) is 0 Å². The molecule has 2 rings (SSSR count). The van der Waals surface area contributed by atoms with Crippen LogP contribution >= 0.6 is 24.4 Å². The lowest BCUT2D eigenvalue weighted by atomic mass is 10.1. The van der Waals surface area contributed by atoms with E-state index < -0.39 is 0 Å². The van der Waals surface area contributed by atoms with Crippen molar-refractivity contribution in [3.63, 3.8) is 0 Å². The Kier molecular flexibility index (Phi) is 4.81. The van der Waals surface area contributed by atoms with Crippen molar-refractivity contribution in [2.45, 2.75) is 6.04 Å². The summed E-state index contributed by atoms with van der Waals surface area (Å²) in [7, 11) is 1.63. The van der Waals surface area contributed by atoms with Gasteiger partial charge in [-0.3, -0.25) is 0 Å². The number of fused-ring (bicyclic) bond motifs is 1. The number of methoxy groups -OCH3 is 1. The highest BCUT2D eigenvalue weighted by Gasteiger charge is 2.17. The summed E-state index contributed by atoms with van der Waals surface area (Å²) in [5, 5.41) is 7.41. The van der Waals surface area contributed by atoms with Gasteiger partial charge in [-0.25, -0.2) is 0 Å². The second-order valence-corrected chi connectivity index (χ2v) is 5.34. The van der Waals surface area contributed by atoms with E-state index in [1.54, 1.807) is 7.11 Å². The number of nitrogens with one attached hydrogen (secondary N) is 3. The zero-order valence-corrected chi connectivity index (χ0v) is 13.1. The normalized spacial score (nSPS) is 11.9. The molecule has 0 saturated heterocycles. The third kappa shape index (κ3) is 3.73. The first-order valence-electron chi connectivity index (χ1n) is 6.25. The first kappa shape index (κ1) is 15.3. The average molecular weight is 323 g/mol. The lowest BCUT2D eigenvalue weighted by Crippen LogP contribution is -2.41. The van der Waals surface area contributed by atoms with E-state index in [0.29, 0.717) is 6.54 Å². The number of aromatic nitrogens is 1. The molecule has 0 amide bonds. The lowest BCUT2D eigenvalue weighted by molar-refractivity contribution is 0.415. The maximum atomic E-state index is 5.60. The Morgan fingerprint density at radius 2 is 2.10 bits per heavy atom. The smallest absolute Gasteiger partial charge is 0.164 e. The molecule has 7 N–H and O–H groups in total. The van der Waals surface area contributed by atoms with E-state index in [9.17, 15) is 0 Å². The van der Waals surface area contributed by atoms with Crippen LogP contribution in [0.2, 0.25) is 0 Å². The molecule has 112 valence electrons. The van der Waals surface area contributed by atoms with Gasteiger partial charge in [0.25, 0.3) is 0 Å². The molecule has 1 aromatic carbocycles. The summed E-state index contributed by atoms with van der Waals surface area (Å²) >= 11 is 9.78. The van der Waals surface area contributed by atoms with Gasteiger partial charge in [0, 0.05) is 29.2 Å². The minimum atomic E-state index is -0.162. The van der Waals surface area contributed by atoms with Crippen LogP contribution in [0.1, 0.15) is 11.6 Å². The molecule has 0 spiro atoms. The van der Waals surface area contributed by atoms with Crippen LogP contribution in [0.25, 0.3) is 10.9 Å². The summed E-state index contributed by atoms with van der Waals surface area (Å²) in [6.07, 6.45) is 1.90. The van der Waals surface area contributed by atoms with E-state index in [4.69, 9.17) is 40.6 Å². The molecule has 0 saturated carbocycles. The van der Waals surface area contributed by atoms with Gasteiger partial charge in [0.1, 0.15) is 5.75 Å². The second-order valence-electron chi connectivity index (χ2n) is 4.46. The van der Waals surface area contributed by atoms with Crippen molar-refractivity contribution in [2.24, 2.45) is 11.5 Å². The van der Waals surface area contributed by atoms with E-state index in [0.717, 1.165) is 22.2 Å². The van der Waals surface area contributed by atoms with Crippen molar-refractivity contribution in [3.8, 4) is 5.75 Å². The second kappa shape index (κ2) is 6.59. The van der Waals surface area contributed by atoms with Gasteiger partial charge in [-0.05, 0) is 42.6 Å². The molecule has 0 aliphatic rings. The molecule has 8 heteroatoms. The molecule has 2 aromatic rings. The third-order valence-electron chi connectivity index (χ3n) is 3.09. The number of thiocarbonyl (C=S) groups is 2. The van der Waals surface area contributed by atoms with E-state index in [-0.39, 0.29) is 16.3 Å². The number of H-pyrrole nitrogens is 1. The summed E-state index contributed by atoms with van der Waals surface area (Å²) in [4.78, 5) is 3.21. The quantitative estimate of drug-likeness (QED) is 0.521. The number of hydrogen-bond acceptors (Lipinski definition) is 3. The fourth-order valence-electron chi connectivity index (χ4n) is 2.15. The Hall–Kier alpha value is -2.06. The fourth-order valence-corrected chi connectivity index (χ4v) is 2.38. The number of rotatable bonds is 5. The largest absolute Gasteiger partial charge is 0.497 e. The molecule has 0 aliphatic carbocycles. The molecule has 0 bridgehead atoms. The van der Waals surface area contributed by atoms with E-state index in [1.807, 2.05) is 24.4 Å². The zero-order chi connectivity index (χ0) is 15.4. The number of aromatic amines is 1. The van der Waals surface area contributed by atoms with Gasteiger partial charge >= 0.3 is 0 Å². The number of ether oxygens (including phenoxy) is 1. The van der Waals surface area contributed by atoms with Crippen molar-refractivity contribution in [3.05, 3.63) is 30.0 Å². The van der Waals surface area contributed by atoms with Gasteiger partial charge in [0.05, 0.1) is 13.2 Å². The predicted molar refractivity (Wildman–Crippen MR) is 92.3 cm³/mol. The van der Waals surface area contributed by atoms with Crippen molar-refractivity contribution in [1.29, 1.82) is 0 Å². The van der Waals surface area contributed by atoms with Crippen molar-refractivity contribution in [2.75, 3.05) is 13.7 Å². The minimum absolute atomic E-state index is 0.162. The molecule has 0 fully saturated rings. The van der Waals surface area contributed by atoms with Gasteiger partial charge in [-0.1, -0.05) is 0 Å². The van der Waals surface area contributed by atoms with Crippen LogP contribution in [0.4, 0.5) is 0 Å². The fraction of sp³-hybridized carbons (Fsp3) is 0.231. The van der Waals surface area contributed by atoms with E-state index in [1.165, 1.54) is 0 Å². The van der Waals surface area contributed by atoms with Gasteiger partial charge in [0.2, 0.25) is 0 Å². The summed E-state index contributed by atoms with van der Waals surface area (Å²) < 4.78 is 5.26. The van der Waals surface area contributed by atoms with Gasteiger partial charge in [-0.2, -0.15) is 0 Å². The van der Waals surface area contributed by atoms with Gasteiger partial charge < -0.3 is 31.8 Å². The summed E-state index contributed by atoms with van der Waals surface area (Å²) in [6.45, 7) is 0.469. The lowest BCUT2D eigenvalue weighted by Gasteiger charge is -2.19. The maximum absolute atomic E-state index is 5.60. The van der Waals surface area contributed by atoms with Crippen LogP contribution < -0.4 is 26.8 Å². The molecule has 1 atom stereocenters. The van der Waals surface area contributed by atoms with Crippen molar-refractivity contribution in [1.82, 2.24) is 15.6 Å². The topological polar surface area (TPSA) is 101 Å². The van der Waals surface area contributed by atoms with Crippen molar-refractivity contribution >= 4 is 45.6 Å². The van der Waals surface area contributed by atoms with Crippen LogP contribution in [-0.2, 0) is 0 Å². The minimum Gasteiger partial charge on any atom is -0.497 e. The molecule has 0 radical (unpaired) electrons. The molecule has 1 unspecified atom stereocenters. The first-order chi connectivity index (χ1) is 10.0. The van der Waals surface area contributed by atoms with Crippen LogP contribution in [-0.4, -0.2) is 28.9 Å². The molecule has 1 aromatic heterocycles. The molecule has 6 nitrogen and oxygen atoms in total. The molecular formula is C13H17N5OS2. The highest BCUT2D eigenvalue weighted by Crippen LogP contribution is 2.27. The Morgan fingerprint density at radius 3 is 2.71 bits per heavy atom. The van der Waals surface area contributed by atoms with E-state index >= 15 is 0 Å². The summed E-state index contributed by atoms with van der Waals surface area (Å²) in [5.74, 6) is 0.778. The highest BCUT2D eigenvalue weighted by atomic mass is 32.1. The number of nitrogens with two attached hydrogens (primary N) is 2. The molecule has 0 aliphatic heterocycles. The highest BCUT2D eigenvalue weighted by molar-refractivity contribution is 7.80. The standard InChI is InChI=1S/C13H17N5OS2/c1-19-7-2-3-10-8(4-7)9(5-16-10)11(18-13(15)21)6-17-12(14)20/h2-5,11,16H,6H2,1H3,(H3,14,17,20)(H3,15,18,21). The van der Waals surface area contributed by atoms with Crippen molar-refractivity contribution < 1.29 is 4.74 Å². The zero-order valence-electron chi connectivity index (χ0n) is 11.5. The van der Waals surface area contributed by atoms with Crippen LogP contribution in [0.15, 0.2) is 24.4 Å². The number of benzene rings is 1. The summed E-state index contributed by atoms with van der Waals surface area (Å²) in [6, 6.07) is 5.64.